The zero-order valence-electron chi connectivity index (χ0n) is 10.9. The van der Waals surface area contributed by atoms with Crippen molar-refractivity contribution < 1.29 is 14.6 Å². The van der Waals surface area contributed by atoms with Crippen LogP contribution in [0.3, 0.4) is 0 Å². The minimum absolute atomic E-state index is 0.212. The van der Waals surface area contributed by atoms with E-state index in [9.17, 15) is 4.79 Å². The Bertz CT molecular complexity index is 373. The maximum absolute atomic E-state index is 10.7. The lowest BCUT2D eigenvalue weighted by Crippen LogP contribution is -2.22. The molecule has 1 N–H and O–H groups in total. The fraction of sp³-hybridized carbons (Fsp3) is 0.500. The summed E-state index contributed by atoms with van der Waals surface area (Å²) in [5.74, 6) is -0.311. The van der Waals surface area contributed by atoms with Crippen molar-refractivity contribution in [1.29, 1.82) is 0 Å². The fourth-order valence-electron chi connectivity index (χ4n) is 1.49. The highest BCUT2D eigenvalue weighted by Crippen LogP contribution is 2.19. The Morgan fingerprint density at radius 3 is 2.24 bits per heavy atom. The molecule has 0 amide bonds. The van der Waals surface area contributed by atoms with Crippen LogP contribution in [0.4, 0.5) is 0 Å². The number of benzene rings is 1. The van der Waals surface area contributed by atoms with E-state index in [4.69, 9.17) is 9.84 Å². The summed E-state index contributed by atoms with van der Waals surface area (Å²) in [4.78, 5) is 10.7. The molecule has 17 heavy (non-hydrogen) atoms. The molecular weight excluding hydrogens is 216 g/mol. The third-order valence-corrected chi connectivity index (χ3v) is 2.31. The molecule has 0 unspecified atom stereocenters. The Hall–Kier alpha value is -1.51. The number of hydrogen-bond acceptors (Lipinski definition) is 2. The molecule has 0 heterocycles. The van der Waals surface area contributed by atoms with E-state index < -0.39 is 5.97 Å². The van der Waals surface area contributed by atoms with Crippen LogP contribution in [0.25, 0.3) is 0 Å². The number of ether oxygens (including phenoxy) is 1. The molecule has 0 bridgehead atoms. The Labute approximate surface area is 102 Å². The second-order valence-electron chi connectivity index (χ2n) is 5.30. The molecule has 0 aliphatic carbocycles. The molecule has 0 aromatic heterocycles. The molecule has 0 radical (unpaired) electrons. The normalized spacial score (nSPS) is 13.2. The monoisotopic (exact) mass is 236 g/mol. The molecule has 1 rings (SSSR count). The van der Waals surface area contributed by atoms with E-state index in [-0.39, 0.29) is 11.5 Å². The van der Waals surface area contributed by atoms with Crippen LogP contribution in [-0.2, 0) is 11.2 Å². The second-order valence-corrected chi connectivity index (χ2v) is 5.30. The molecule has 1 aromatic carbocycles. The van der Waals surface area contributed by atoms with Gasteiger partial charge in [0.15, 0.2) is 0 Å². The maximum Gasteiger partial charge on any atom is 0.306 e. The van der Waals surface area contributed by atoms with Gasteiger partial charge in [0, 0.05) is 0 Å². The average molecular weight is 236 g/mol. The quantitative estimate of drug-likeness (QED) is 0.873. The molecule has 0 aliphatic heterocycles. The number of hydrogen-bond donors (Lipinski definition) is 1. The van der Waals surface area contributed by atoms with Gasteiger partial charge in [0.05, 0.1) is 5.92 Å². The standard InChI is InChI=1S/C14H20O3/c1-10(13(15)16)9-11-5-7-12(8-6-11)17-14(2,3)4/h5-8,10H,9H2,1-4H3,(H,15,16)/t10-/m0/s1. The lowest BCUT2D eigenvalue weighted by molar-refractivity contribution is -0.141. The van der Waals surface area contributed by atoms with Gasteiger partial charge < -0.3 is 9.84 Å². The molecule has 0 aliphatic rings. The summed E-state index contributed by atoms with van der Waals surface area (Å²) in [7, 11) is 0. The van der Waals surface area contributed by atoms with Gasteiger partial charge in [-0.15, -0.1) is 0 Å². The van der Waals surface area contributed by atoms with E-state index in [1.165, 1.54) is 0 Å². The van der Waals surface area contributed by atoms with Gasteiger partial charge in [-0.05, 0) is 44.9 Å². The highest BCUT2D eigenvalue weighted by atomic mass is 16.5. The van der Waals surface area contributed by atoms with E-state index in [0.717, 1.165) is 11.3 Å². The third kappa shape index (κ3) is 4.89. The maximum atomic E-state index is 10.7. The first-order chi connectivity index (χ1) is 7.78. The van der Waals surface area contributed by atoms with Crippen molar-refractivity contribution in [2.75, 3.05) is 0 Å². The van der Waals surface area contributed by atoms with Crippen molar-refractivity contribution in [3.05, 3.63) is 29.8 Å². The number of rotatable bonds is 4. The lowest BCUT2D eigenvalue weighted by atomic mass is 10.0. The van der Waals surface area contributed by atoms with Crippen molar-refractivity contribution >= 4 is 5.97 Å². The summed E-state index contributed by atoms with van der Waals surface area (Å²) in [6.07, 6.45) is 0.547. The van der Waals surface area contributed by atoms with Crippen molar-refractivity contribution in [1.82, 2.24) is 0 Å². The van der Waals surface area contributed by atoms with Crippen LogP contribution in [0, 0.1) is 5.92 Å². The first-order valence-electron chi connectivity index (χ1n) is 5.79. The summed E-state index contributed by atoms with van der Waals surface area (Å²) in [6, 6.07) is 7.60. The lowest BCUT2D eigenvalue weighted by Gasteiger charge is -2.21. The fourth-order valence-corrected chi connectivity index (χ4v) is 1.49. The van der Waals surface area contributed by atoms with E-state index >= 15 is 0 Å². The molecule has 0 saturated heterocycles. The zero-order chi connectivity index (χ0) is 13.1. The van der Waals surface area contributed by atoms with Crippen molar-refractivity contribution in [3.8, 4) is 5.75 Å². The highest BCUT2D eigenvalue weighted by molar-refractivity contribution is 5.69. The third-order valence-electron chi connectivity index (χ3n) is 2.31. The SMILES string of the molecule is C[C@@H](Cc1ccc(OC(C)(C)C)cc1)C(=O)O. The number of carbonyl (C=O) groups is 1. The van der Waals surface area contributed by atoms with E-state index in [1.807, 2.05) is 45.0 Å². The molecule has 0 fully saturated rings. The van der Waals surface area contributed by atoms with Crippen LogP contribution < -0.4 is 4.74 Å². The minimum Gasteiger partial charge on any atom is -0.488 e. The molecule has 0 spiro atoms. The summed E-state index contributed by atoms with van der Waals surface area (Å²) < 4.78 is 5.69. The van der Waals surface area contributed by atoms with E-state index in [2.05, 4.69) is 0 Å². The molecule has 1 aromatic rings. The largest absolute Gasteiger partial charge is 0.488 e. The summed E-state index contributed by atoms with van der Waals surface area (Å²) in [5, 5.41) is 8.83. The van der Waals surface area contributed by atoms with Crippen molar-refractivity contribution in [3.63, 3.8) is 0 Å². The predicted octanol–water partition coefficient (Wildman–Crippen LogP) is 3.13. The van der Waals surface area contributed by atoms with Gasteiger partial charge in [-0.1, -0.05) is 19.1 Å². The molecular formula is C14H20O3. The second kappa shape index (κ2) is 5.21. The summed E-state index contributed by atoms with van der Waals surface area (Å²) in [5.41, 5.74) is 0.803. The van der Waals surface area contributed by atoms with Crippen molar-refractivity contribution in [2.24, 2.45) is 5.92 Å². The number of carboxylic acids is 1. The van der Waals surface area contributed by atoms with Crippen LogP contribution in [-0.4, -0.2) is 16.7 Å². The molecule has 3 heteroatoms. The topological polar surface area (TPSA) is 46.5 Å². The van der Waals surface area contributed by atoms with Gasteiger partial charge in [-0.2, -0.15) is 0 Å². The minimum atomic E-state index is -0.764. The van der Waals surface area contributed by atoms with Gasteiger partial charge in [0.25, 0.3) is 0 Å². The van der Waals surface area contributed by atoms with Gasteiger partial charge in [0.2, 0.25) is 0 Å². The number of carboxylic acid groups (broad SMARTS) is 1. The van der Waals surface area contributed by atoms with Crippen LogP contribution in [0.5, 0.6) is 5.75 Å². The van der Waals surface area contributed by atoms with Crippen LogP contribution >= 0.6 is 0 Å². The predicted molar refractivity (Wildman–Crippen MR) is 67.3 cm³/mol. The van der Waals surface area contributed by atoms with Gasteiger partial charge in [-0.3, -0.25) is 4.79 Å². The Morgan fingerprint density at radius 2 is 1.82 bits per heavy atom. The van der Waals surface area contributed by atoms with Crippen molar-refractivity contribution in [2.45, 2.75) is 39.7 Å². The van der Waals surface area contributed by atoms with E-state index in [0.29, 0.717) is 6.42 Å². The van der Waals surface area contributed by atoms with Gasteiger partial charge in [-0.25, -0.2) is 0 Å². The highest BCUT2D eigenvalue weighted by Gasteiger charge is 2.13. The first-order valence-corrected chi connectivity index (χ1v) is 5.79. The average Bonchev–Trinajstić information content (AvgIpc) is 2.18. The summed E-state index contributed by atoms with van der Waals surface area (Å²) >= 11 is 0. The molecule has 0 saturated carbocycles. The molecule has 3 nitrogen and oxygen atoms in total. The Kier molecular flexibility index (Phi) is 4.16. The van der Waals surface area contributed by atoms with Crippen LogP contribution in [0.15, 0.2) is 24.3 Å². The first kappa shape index (κ1) is 13.6. The smallest absolute Gasteiger partial charge is 0.306 e. The van der Waals surface area contributed by atoms with Gasteiger partial charge >= 0.3 is 5.97 Å². The molecule has 1 atom stereocenters. The van der Waals surface area contributed by atoms with Crippen LogP contribution in [0.1, 0.15) is 33.3 Å². The zero-order valence-corrected chi connectivity index (χ0v) is 10.9. The molecule has 94 valence electrons. The van der Waals surface area contributed by atoms with Gasteiger partial charge in [0.1, 0.15) is 11.4 Å². The Balaban J connectivity index is 2.65. The Morgan fingerprint density at radius 1 is 1.29 bits per heavy atom. The van der Waals surface area contributed by atoms with Crippen LogP contribution in [0.2, 0.25) is 0 Å². The summed E-state index contributed by atoms with van der Waals surface area (Å²) in [6.45, 7) is 7.69. The number of aliphatic carboxylic acids is 1. The van der Waals surface area contributed by atoms with E-state index in [1.54, 1.807) is 6.92 Å².